The number of carboxylic acid groups (broad SMARTS) is 1. The Morgan fingerprint density at radius 2 is 2.11 bits per heavy atom. The third kappa shape index (κ3) is 2.43. The van der Waals surface area contributed by atoms with Crippen molar-refractivity contribution >= 4 is 16.9 Å². The van der Waals surface area contributed by atoms with Gasteiger partial charge in [-0.1, -0.05) is 24.3 Å². The Labute approximate surface area is 106 Å². The first-order valence-electron chi connectivity index (χ1n) is 5.73. The first-order chi connectivity index (χ1) is 8.59. The predicted molar refractivity (Wildman–Crippen MR) is 71.5 cm³/mol. The van der Waals surface area contributed by atoms with Gasteiger partial charge in [0, 0.05) is 23.2 Å². The molecule has 94 valence electrons. The van der Waals surface area contributed by atoms with Gasteiger partial charge in [0.15, 0.2) is 0 Å². The molecule has 0 aliphatic rings. The van der Waals surface area contributed by atoms with Crippen LogP contribution in [-0.2, 0) is 4.79 Å². The number of H-pyrrole nitrogens is 1. The average molecular weight is 244 g/mol. The number of nitrogens with zero attached hydrogens (tertiary/aromatic N) is 1. The van der Waals surface area contributed by atoms with E-state index in [0.29, 0.717) is 0 Å². The molecule has 0 aliphatic heterocycles. The van der Waals surface area contributed by atoms with Gasteiger partial charge in [-0.15, -0.1) is 0 Å². The smallest absolute Gasteiger partial charge is 0.328 e. The van der Waals surface area contributed by atoms with Crippen molar-refractivity contribution in [2.75, 3.05) is 14.1 Å². The molecule has 0 spiro atoms. The van der Waals surface area contributed by atoms with E-state index in [0.717, 1.165) is 16.5 Å². The second kappa shape index (κ2) is 5.06. The summed E-state index contributed by atoms with van der Waals surface area (Å²) in [6.07, 6.45) is 4.81. The van der Waals surface area contributed by atoms with Gasteiger partial charge < -0.3 is 10.1 Å². The summed E-state index contributed by atoms with van der Waals surface area (Å²) in [5.74, 6) is -0.929. The quantitative estimate of drug-likeness (QED) is 0.812. The summed E-state index contributed by atoms with van der Waals surface area (Å²) in [7, 11) is 3.86. The fourth-order valence-corrected chi connectivity index (χ4v) is 2.07. The number of rotatable bonds is 4. The van der Waals surface area contributed by atoms with E-state index in [9.17, 15) is 4.79 Å². The molecule has 2 rings (SSSR count). The number of carbonyl (C=O) groups is 1. The van der Waals surface area contributed by atoms with Crippen LogP contribution in [0, 0.1) is 0 Å². The van der Waals surface area contributed by atoms with Crippen LogP contribution in [0.1, 0.15) is 11.6 Å². The zero-order valence-electron chi connectivity index (χ0n) is 10.4. The lowest BCUT2D eigenvalue weighted by Gasteiger charge is -2.20. The van der Waals surface area contributed by atoms with Crippen LogP contribution in [0.2, 0.25) is 0 Å². The lowest BCUT2D eigenvalue weighted by Crippen LogP contribution is -2.18. The minimum absolute atomic E-state index is 0.0581. The highest BCUT2D eigenvalue weighted by molar-refractivity contribution is 5.84. The van der Waals surface area contributed by atoms with Crippen molar-refractivity contribution in [2.24, 2.45) is 0 Å². The minimum atomic E-state index is -0.929. The first kappa shape index (κ1) is 12.4. The number of carboxylic acids is 1. The second-order valence-electron chi connectivity index (χ2n) is 4.40. The van der Waals surface area contributed by atoms with Crippen molar-refractivity contribution in [3.8, 4) is 0 Å². The maximum Gasteiger partial charge on any atom is 0.328 e. The summed E-state index contributed by atoms with van der Waals surface area (Å²) < 4.78 is 0. The van der Waals surface area contributed by atoms with Crippen molar-refractivity contribution in [1.29, 1.82) is 0 Å². The summed E-state index contributed by atoms with van der Waals surface area (Å²) in [6.45, 7) is 0. The summed E-state index contributed by atoms with van der Waals surface area (Å²) in [5, 5.41) is 9.86. The van der Waals surface area contributed by atoms with Crippen molar-refractivity contribution in [3.05, 3.63) is 48.2 Å². The Kier molecular flexibility index (Phi) is 3.48. The molecular formula is C14H16N2O2. The third-order valence-electron chi connectivity index (χ3n) is 2.92. The number of nitrogens with one attached hydrogen (secondary N) is 1. The van der Waals surface area contributed by atoms with Gasteiger partial charge in [0.2, 0.25) is 0 Å². The first-order valence-corrected chi connectivity index (χ1v) is 5.73. The lowest BCUT2D eigenvalue weighted by molar-refractivity contribution is -0.131. The maximum atomic E-state index is 10.6. The number of aromatic amines is 1. The molecule has 0 saturated carbocycles. The predicted octanol–water partition coefficient (Wildman–Crippen LogP) is 2.41. The zero-order valence-corrected chi connectivity index (χ0v) is 10.4. The molecule has 1 heterocycles. The van der Waals surface area contributed by atoms with Crippen molar-refractivity contribution < 1.29 is 9.90 Å². The Hall–Kier alpha value is -2.07. The van der Waals surface area contributed by atoms with E-state index in [1.807, 2.05) is 49.5 Å². The van der Waals surface area contributed by atoms with Crippen LogP contribution in [0.25, 0.3) is 10.9 Å². The van der Waals surface area contributed by atoms with Crippen LogP contribution in [0.4, 0.5) is 0 Å². The lowest BCUT2D eigenvalue weighted by atomic mass is 10.0. The van der Waals surface area contributed by atoms with Gasteiger partial charge in [0.05, 0.1) is 6.04 Å². The van der Waals surface area contributed by atoms with E-state index in [1.54, 1.807) is 6.08 Å². The topological polar surface area (TPSA) is 56.3 Å². The van der Waals surface area contributed by atoms with Gasteiger partial charge in [0.1, 0.15) is 0 Å². The van der Waals surface area contributed by atoms with Crippen molar-refractivity contribution in [2.45, 2.75) is 6.04 Å². The van der Waals surface area contributed by atoms with Crippen molar-refractivity contribution in [1.82, 2.24) is 9.88 Å². The summed E-state index contributed by atoms with van der Waals surface area (Å²) in [4.78, 5) is 15.8. The molecule has 0 amide bonds. The molecule has 2 N–H and O–H groups in total. The fourth-order valence-electron chi connectivity index (χ4n) is 2.07. The summed E-state index contributed by atoms with van der Waals surface area (Å²) in [6, 6.07) is 7.93. The Morgan fingerprint density at radius 3 is 2.78 bits per heavy atom. The highest BCUT2D eigenvalue weighted by Gasteiger charge is 2.15. The number of para-hydroxylation sites is 1. The number of hydrogen-bond acceptors (Lipinski definition) is 2. The summed E-state index contributed by atoms with van der Waals surface area (Å²) >= 11 is 0. The van der Waals surface area contributed by atoms with E-state index in [-0.39, 0.29) is 6.04 Å². The molecule has 2 aromatic rings. The van der Waals surface area contributed by atoms with Crippen LogP contribution >= 0.6 is 0 Å². The number of hydrogen-bond donors (Lipinski definition) is 2. The van der Waals surface area contributed by atoms with E-state index in [2.05, 4.69) is 4.98 Å². The zero-order chi connectivity index (χ0) is 13.1. The molecule has 1 aromatic heterocycles. The number of fused-ring (bicyclic) bond motifs is 1. The number of aromatic nitrogens is 1. The normalized spacial score (nSPS) is 13.5. The Morgan fingerprint density at radius 1 is 1.39 bits per heavy atom. The molecule has 0 bridgehead atoms. The third-order valence-corrected chi connectivity index (χ3v) is 2.92. The van der Waals surface area contributed by atoms with Gasteiger partial charge in [-0.25, -0.2) is 4.79 Å². The number of benzene rings is 1. The Balaban J connectivity index is 2.45. The molecule has 0 aliphatic carbocycles. The van der Waals surface area contributed by atoms with Crippen LogP contribution in [-0.4, -0.2) is 35.1 Å². The summed E-state index contributed by atoms with van der Waals surface area (Å²) in [5.41, 5.74) is 2.14. The highest BCUT2D eigenvalue weighted by atomic mass is 16.4. The van der Waals surface area contributed by atoms with Gasteiger partial charge >= 0.3 is 5.97 Å². The molecule has 18 heavy (non-hydrogen) atoms. The Bertz CT molecular complexity index is 584. The van der Waals surface area contributed by atoms with E-state index < -0.39 is 5.97 Å². The molecule has 1 aromatic carbocycles. The van der Waals surface area contributed by atoms with Gasteiger partial charge in [-0.05, 0) is 25.7 Å². The van der Waals surface area contributed by atoms with E-state index in [1.165, 1.54) is 6.08 Å². The highest BCUT2D eigenvalue weighted by Crippen LogP contribution is 2.27. The van der Waals surface area contributed by atoms with Crippen LogP contribution in [0.5, 0.6) is 0 Å². The van der Waals surface area contributed by atoms with E-state index in [4.69, 9.17) is 5.11 Å². The number of aliphatic carboxylic acids is 1. The standard InChI is InChI=1S/C14H16N2O2/c1-16(2)13(7-8-14(17)18)11-9-15-12-6-4-3-5-10(11)12/h3-9,13,15H,1-2H3,(H,17,18)/b8-7+. The molecule has 4 nitrogen and oxygen atoms in total. The van der Waals surface area contributed by atoms with E-state index >= 15 is 0 Å². The molecule has 0 fully saturated rings. The van der Waals surface area contributed by atoms with Crippen molar-refractivity contribution in [3.63, 3.8) is 0 Å². The molecular weight excluding hydrogens is 228 g/mol. The van der Waals surface area contributed by atoms with Gasteiger partial charge in [-0.2, -0.15) is 0 Å². The number of likely N-dealkylation sites (N-methyl/N-ethyl adjacent to an activating group) is 1. The van der Waals surface area contributed by atoms with Crippen LogP contribution in [0.15, 0.2) is 42.6 Å². The molecule has 4 heteroatoms. The monoisotopic (exact) mass is 244 g/mol. The molecule has 1 atom stereocenters. The average Bonchev–Trinajstić information content (AvgIpc) is 2.73. The van der Waals surface area contributed by atoms with Gasteiger partial charge in [0.25, 0.3) is 0 Å². The molecule has 1 unspecified atom stereocenters. The van der Waals surface area contributed by atoms with Gasteiger partial charge in [-0.3, -0.25) is 4.90 Å². The largest absolute Gasteiger partial charge is 0.478 e. The van der Waals surface area contributed by atoms with Crippen LogP contribution < -0.4 is 0 Å². The maximum absolute atomic E-state index is 10.6. The second-order valence-corrected chi connectivity index (χ2v) is 4.40. The molecule has 0 radical (unpaired) electrons. The fraction of sp³-hybridized carbons (Fsp3) is 0.214. The van der Waals surface area contributed by atoms with Crippen LogP contribution in [0.3, 0.4) is 0 Å². The molecule has 0 saturated heterocycles. The minimum Gasteiger partial charge on any atom is -0.478 e. The SMILES string of the molecule is CN(C)C(/C=C/C(=O)O)c1c[nH]c2ccccc12.